The summed E-state index contributed by atoms with van der Waals surface area (Å²) in [5.41, 5.74) is 4.26. The van der Waals surface area contributed by atoms with E-state index >= 15 is 0 Å². The molecule has 1 aliphatic rings. The highest BCUT2D eigenvalue weighted by molar-refractivity contribution is 7.26. The van der Waals surface area contributed by atoms with Crippen LogP contribution in [0.5, 0.6) is 0 Å². The molecule has 1 nitrogen and oxygen atoms in total. The fraction of sp³-hybridized carbons (Fsp3) is 0.273. The Bertz CT molecular complexity index is 959. The number of aryl methyl sites for hydroxylation is 1. The van der Waals surface area contributed by atoms with Gasteiger partial charge in [-0.25, -0.2) is 0 Å². The smallest absolute Gasteiger partial charge is 0.0712 e. The van der Waals surface area contributed by atoms with Gasteiger partial charge in [-0.15, -0.1) is 11.3 Å². The Balaban J connectivity index is 1.98. The van der Waals surface area contributed by atoms with Gasteiger partial charge in [-0.05, 0) is 48.2 Å². The second kappa shape index (κ2) is 6.10. The van der Waals surface area contributed by atoms with Crippen molar-refractivity contribution in [2.75, 3.05) is 0 Å². The van der Waals surface area contributed by atoms with Crippen molar-refractivity contribution in [1.82, 2.24) is 5.32 Å². The Morgan fingerprint density at radius 2 is 1.88 bits per heavy atom. The number of nitrogens with one attached hydrogen (secondary N) is 1. The molecule has 2 heterocycles. The third-order valence-electron chi connectivity index (χ3n) is 4.73. The van der Waals surface area contributed by atoms with E-state index in [4.69, 9.17) is 0 Å². The molecule has 0 fully saturated rings. The largest absolute Gasteiger partial charge is 0.381 e. The zero-order valence-corrected chi connectivity index (χ0v) is 15.3. The predicted octanol–water partition coefficient (Wildman–Crippen LogP) is 6.28. The number of thiophene rings is 1. The molecule has 24 heavy (non-hydrogen) atoms. The van der Waals surface area contributed by atoms with Crippen LogP contribution in [0.25, 0.3) is 20.2 Å². The average Bonchev–Trinajstić information content (AvgIpc) is 2.94. The van der Waals surface area contributed by atoms with Gasteiger partial charge in [-0.2, -0.15) is 0 Å². The summed E-state index contributed by atoms with van der Waals surface area (Å²) < 4.78 is 2.89. The van der Waals surface area contributed by atoms with E-state index in [0.717, 1.165) is 6.42 Å². The van der Waals surface area contributed by atoms with E-state index in [1.165, 1.54) is 36.9 Å². The third kappa shape index (κ3) is 2.55. The Hall–Kier alpha value is -2.06. The normalized spacial score (nSPS) is 17.1. The molecule has 3 aromatic rings. The predicted molar refractivity (Wildman–Crippen MR) is 107 cm³/mol. The van der Waals surface area contributed by atoms with Gasteiger partial charge in [-0.1, -0.05) is 56.3 Å². The lowest BCUT2D eigenvalue weighted by Gasteiger charge is -2.19. The molecule has 2 heteroatoms. The van der Waals surface area contributed by atoms with E-state index in [0.29, 0.717) is 5.92 Å². The van der Waals surface area contributed by atoms with Gasteiger partial charge in [0.1, 0.15) is 0 Å². The van der Waals surface area contributed by atoms with Crippen LogP contribution in [0.4, 0.5) is 0 Å². The van der Waals surface area contributed by atoms with Gasteiger partial charge in [0.15, 0.2) is 0 Å². The summed E-state index contributed by atoms with van der Waals surface area (Å²) in [6.45, 7) is 6.82. The Morgan fingerprint density at radius 3 is 2.62 bits per heavy atom. The van der Waals surface area contributed by atoms with Gasteiger partial charge < -0.3 is 5.32 Å². The summed E-state index contributed by atoms with van der Waals surface area (Å²) in [4.78, 5) is 0. The fourth-order valence-corrected chi connectivity index (χ4v) is 5.11. The van der Waals surface area contributed by atoms with Crippen molar-refractivity contribution in [2.45, 2.75) is 33.2 Å². The summed E-state index contributed by atoms with van der Waals surface area (Å²) in [7, 11) is 0. The molecule has 0 saturated carbocycles. The van der Waals surface area contributed by atoms with E-state index in [1.54, 1.807) is 0 Å². The molecular weight excluding hydrogens is 310 g/mol. The summed E-state index contributed by atoms with van der Waals surface area (Å²) in [5.74, 6) is 0.676. The molecule has 0 amide bonds. The van der Waals surface area contributed by atoms with E-state index in [1.807, 2.05) is 17.5 Å². The average molecular weight is 334 g/mol. The van der Waals surface area contributed by atoms with Crippen LogP contribution in [0.2, 0.25) is 0 Å². The molecule has 0 bridgehead atoms. The van der Waals surface area contributed by atoms with Crippen LogP contribution in [0.15, 0.2) is 54.8 Å². The summed E-state index contributed by atoms with van der Waals surface area (Å²) in [6, 6.07) is 11.6. The molecule has 122 valence electrons. The van der Waals surface area contributed by atoms with E-state index in [2.05, 4.69) is 74.6 Å². The Morgan fingerprint density at radius 1 is 1.04 bits per heavy atom. The number of benzene rings is 2. The van der Waals surface area contributed by atoms with Gasteiger partial charge >= 0.3 is 0 Å². The summed E-state index contributed by atoms with van der Waals surface area (Å²) in [6.07, 6.45) is 9.62. The lowest BCUT2D eigenvalue weighted by atomic mass is 9.96. The maximum absolute atomic E-state index is 3.50. The third-order valence-corrected chi connectivity index (χ3v) is 6.06. The SMILES string of the molecule is Cc1ccc2c(sc3c(CC(C)C)cccc32)c1C1C=CC=CN1. The highest BCUT2D eigenvalue weighted by atomic mass is 32.1. The molecule has 0 radical (unpaired) electrons. The quantitative estimate of drug-likeness (QED) is 0.595. The molecule has 0 saturated heterocycles. The summed E-state index contributed by atoms with van der Waals surface area (Å²) in [5, 5.41) is 6.30. The number of hydrogen-bond donors (Lipinski definition) is 1. The first-order valence-corrected chi connectivity index (χ1v) is 9.50. The number of fused-ring (bicyclic) bond motifs is 3. The van der Waals surface area contributed by atoms with Gasteiger partial charge in [0.25, 0.3) is 0 Å². The zero-order valence-electron chi connectivity index (χ0n) is 14.5. The first-order valence-electron chi connectivity index (χ1n) is 8.68. The van der Waals surface area contributed by atoms with Gasteiger partial charge in [-0.3, -0.25) is 0 Å². The van der Waals surface area contributed by atoms with Gasteiger partial charge in [0, 0.05) is 20.2 Å². The van der Waals surface area contributed by atoms with Crippen molar-refractivity contribution in [3.8, 4) is 0 Å². The van der Waals surface area contributed by atoms with Crippen molar-refractivity contribution < 1.29 is 0 Å². The molecule has 1 unspecified atom stereocenters. The number of rotatable bonds is 3. The monoisotopic (exact) mass is 333 g/mol. The van der Waals surface area contributed by atoms with Crippen LogP contribution in [0, 0.1) is 12.8 Å². The molecule has 2 aromatic carbocycles. The number of hydrogen-bond acceptors (Lipinski definition) is 2. The minimum Gasteiger partial charge on any atom is -0.381 e. The lowest BCUT2D eigenvalue weighted by Crippen LogP contribution is -2.16. The van der Waals surface area contributed by atoms with Crippen LogP contribution in [-0.4, -0.2) is 0 Å². The second-order valence-electron chi connectivity index (χ2n) is 7.06. The van der Waals surface area contributed by atoms with Crippen LogP contribution < -0.4 is 5.32 Å². The van der Waals surface area contributed by atoms with Gasteiger partial charge in [0.2, 0.25) is 0 Å². The summed E-state index contributed by atoms with van der Waals surface area (Å²) >= 11 is 1.97. The Kier molecular flexibility index (Phi) is 3.93. The van der Waals surface area contributed by atoms with Crippen molar-refractivity contribution in [1.29, 1.82) is 0 Å². The zero-order chi connectivity index (χ0) is 16.7. The van der Waals surface area contributed by atoms with Crippen molar-refractivity contribution >= 4 is 31.5 Å². The van der Waals surface area contributed by atoms with Crippen molar-refractivity contribution in [2.24, 2.45) is 5.92 Å². The topological polar surface area (TPSA) is 12.0 Å². The molecule has 1 aliphatic heterocycles. The first-order chi connectivity index (χ1) is 11.6. The number of dihydropyridines is 1. The highest BCUT2D eigenvalue weighted by Crippen LogP contribution is 2.41. The Labute approximate surface area is 147 Å². The highest BCUT2D eigenvalue weighted by Gasteiger charge is 2.18. The lowest BCUT2D eigenvalue weighted by molar-refractivity contribution is 0.650. The molecule has 1 aromatic heterocycles. The molecule has 1 atom stereocenters. The first kappa shape index (κ1) is 15.5. The maximum atomic E-state index is 3.50. The van der Waals surface area contributed by atoms with Crippen LogP contribution in [0.3, 0.4) is 0 Å². The minimum absolute atomic E-state index is 0.264. The second-order valence-corrected chi connectivity index (χ2v) is 8.08. The van der Waals surface area contributed by atoms with Crippen LogP contribution >= 0.6 is 11.3 Å². The fourth-order valence-electron chi connectivity index (χ4n) is 3.65. The maximum Gasteiger partial charge on any atom is 0.0712 e. The van der Waals surface area contributed by atoms with Gasteiger partial charge in [0.05, 0.1) is 6.04 Å². The molecule has 1 N–H and O–H groups in total. The van der Waals surface area contributed by atoms with E-state index < -0.39 is 0 Å². The van der Waals surface area contributed by atoms with Crippen molar-refractivity contribution in [3.05, 3.63) is 71.5 Å². The van der Waals surface area contributed by atoms with E-state index in [-0.39, 0.29) is 6.04 Å². The molecular formula is C22H23NS. The molecule has 0 aliphatic carbocycles. The van der Waals surface area contributed by atoms with Crippen LogP contribution in [-0.2, 0) is 6.42 Å². The number of allylic oxidation sites excluding steroid dienone is 2. The molecule has 0 spiro atoms. The van der Waals surface area contributed by atoms with Crippen LogP contribution in [0.1, 0.15) is 36.6 Å². The van der Waals surface area contributed by atoms with Crippen molar-refractivity contribution in [3.63, 3.8) is 0 Å². The minimum atomic E-state index is 0.264. The standard InChI is InChI=1S/C22H23NS/c1-14(2)13-16-7-6-8-17-18-11-10-15(3)20(22(18)24-21(16)17)19-9-4-5-12-23-19/h4-12,14,19,23H,13H2,1-3H3. The molecule has 4 rings (SSSR count). The van der Waals surface area contributed by atoms with E-state index in [9.17, 15) is 0 Å².